The van der Waals surface area contributed by atoms with Crippen LogP contribution in [0.15, 0.2) is 53.3 Å². The van der Waals surface area contributed by atoms with Crippen molar-refractivity contribution in [1.29, 1.82) is 0 Å². The van der Waals surface area contributed by atoms with Gasteiger partial charge in [0.05, 0.1) is 41.0 Å². The molecular formula is C52H75N7O10. The number of aliphatic hydroxyl groups excluding tert-OH is 2. The monoisotopic (exact) mass is 958 g/mol. The molecule has 5 aliphatic rings. The number of benzene rings is 2. The largest absolute Gasteiger partial charge is 0.480 e. The fourth-order valence-electron chi connectivity index (χ4n) is 14.1. The van der Waals surface area contributed by atoms with E-state index in [-0.39, 0.29) is 88.0 Å². The van der Waals surface area contributed by atoms with Crippen LogP contribution < -0.4 is 16.0 Å². The van der Waals surface area contributed by atoms with Gasteiger partial charge < -0.3 is 45.7 Å². The van der Waals surface area contributed by atoms with E-state index in [1.807, 2.05) is 36.2 Å². The van der Waals surface area contributed by atoms with E-state index in [0.29, 0.717) is 68.3 Å². The third-order valence-electron chi connectivity index (χ3n) is 18.0. The first-order valence-corrected chi connectivity index (χ1v) is 25.4. The van der Waals surface area contributed by atoms with E-state index in [4.69, 9.17) is 4.42 Å². The summed E-state index contributed by atoms with van der Waals surface area (Å²) in [4.78, 5) is 54.1. The maximum absolute atomic E-state index is 13.4. The van der Waals surface area contributed by atoms with Crippen LogP contribution in [-0.2, 0) is 20.8 Å². The predicted octanol–water partition coefficient (Wildman–Crippen LogP) is 6.00. The van der Waals surface area contributed by atoms with Gasteiger partial charge >= 0.3 is 11.9 Å². The molecule has 6 unspecified atom stereocenters. The predicted molar refractivity (Wildman–Crippen MR) is 263 cm³/mol. The smallest absolute Gasteiger partial charge is 0.317 e. The van der Waals surface area contributed by atoms with E-state index < -0.39 is 24.1 Å². The molecule has 4 saturated carbocycles. The van der Waals surface area contributed by atoms with Crippen molar-refractivity contribution in [3.8, 4) is 0 Å². The summed E-state index contributed by atoms with van der Waals surface area (Å²) in [6.07, 6.45) is 9.70. The summed E-state index contributed by atoms with van der Waals surface area (Å²) >= 11 is 0. The third kappa shape index (κ3) is 11.1. The second kappa shape index (κ2) is 21.4. The number of carbonyl (C=O) groups is 3. The minimum absolute atomic E-state index is 0.0156. The molecule has 378 valence electrons. The van der Waals surface area contributed by atoms with Gasteiger partial charge in [0.1, 0.15) is 12.5 Å². The number of hydrogen-bond donors (Lipinski definition) is 7. The van der Waals surface area contributed by atoms with Crippen LogP contribution in [0.5, 0.6) is 0 Å². The summed E-state index contributed by atoms with van der Waals surface area (Å²) in [5.41, 5.74) is 2.15. The van der Waals surface area contributed by atoms with Gasteiger partial charge in [0, 0.05) is 81.8 Å². The maximum Gasteiger partial charge on any atom is 0.317 e. The van der Waals surface area contributed by atoms with Crippen LogP contribution in [0, 0.1) is 56.5 Å². The number of aliphatic carboxylic acids is 2. The maximum atomic E-state index is 13.4. The number of carboxylic acid groups (broad SMARTS) is 2. The van der Waals surface area contributed by atoms with Crippen molar-refractivity contribution in [2.75, 3.05) is 76.6 Å². The van der Waals surface area contributed by atoms with Crippen LogP contribution in [-0.4, -0.2) is 148 Å². The Morgan fingerprint density at radius 1 is 0.884 bits per heavy atom. The number of fused-ring (bicyclic) bond motifs is 6. The summed E-state index contributed by atoms with van der Waals surface area (Å²) in [6, 6.07) is 11.0. The topological polar surface area (TPSA) is 234 Å². The Kier molecular flexibility index (Phi) is 15.7. The Labute approximate surface area is 405 Å². The molecule has 8 rings (SSSR count). The first-order chi connectivity index (χ1) is 32.9. The van der Waals surface area contributed by atoms with Crippen molar-refractivity contribution in [3.63, 3.8) is 0 Å². The lowest BCUT2D eigenvalue weighted by molar-refractivity contribution is -0.383. The third-order valence-corrected chi connectivity index (χ3v) is 18.0. The molecule has 17 heteroatoms. The first-order valence-electron chi connectivity index (χ1n) is 25.4. The highest BCUT2D eigenvalue weighted by Crippen LogP contribution is 2.68. The van der Waals surface area contributed by atoms with E-state index in [0.717, 1.165) is 69.4 Å². The molecule has 0 spiro atoms. The van der Waals surface area contributed by atoms with Crippen LogP contribution in [0.2, 0.25) is 0 Å². The quantitative estimate of drug-likeness (QED) is 0.0608. The van der Waals surface area contributed by atoms with E-state index in [2.05, 4.69) is 46.5 Å². The minimum Gasteiger partial charge on any atom is -0.480 e. The number of anilines is 2. The zero-order chi connectivity index (χ0) is 49.2. The van der Waals surface area contributed by atoms with Gasteiger partial charge in [0.25, 0.3) is 5.69 Å². The number of likely N-dealkylation sites (N-methyl/N-ethyl adjacent to an activating group) is 1. The van der Waals surface area contributed by atoms with E-state index in [9.17, 15) is 44.9 Å². The summed E-state index contributed by atoms with van der Waals surface area (Å²) in [5.74, 6) is -0.663. The second-order valence-electron chi connectivity index (χ2n) is 22.0. The lowest BCUT2D eigenvalue weighted by Gasteiger charge is -2.63. The highest BCUT2D eigenvalue weighted by molar-refractivity contribution is 5.99. The number of furan rings is 1. The standard InChI is InChI=1S/C52H75N7O10/c1-32(5-14-47(62)55-35-8-6-33(7-9-35)23-37(53-27-48(63)64)28-57-19-17-56(4)18-20-58(22-21-57)29-49(65)66)40-10-11-41-50-42(26-46(61)52(40,41)3)51(2)16-15-36(24-34(51)25-45(50)60)54-43-12-13-44(59(67)68)39-31-69-30-38(39)43/h6-9,12-13,30-32,34,36-37,40-42,45-46,50,53-54,60-61H,5,10-11,14-29H2,1-4H3,(H,55,62)(H,63,64)(H,65,66)/t32?,34-,36+,37?,40+,41?,42?,45?,46-,50?,51-,52+/m0/s1. The molecule has 0 radical (unpaired) electrons. The van der Waals surface area contributed by atoms with E-state index >= 15 is 0 Å². The number of nitro benzene ring substituents is 1. The Bertz CT molecular complexity index is 2290. The molecule has 69 heavy (non-hydrogen) atoms. The number of amides is 1. The van der Waals surface area contributed by atoms with Gasteiger partial charge in [-0.2, -0.15) is 0 Å². The molecule has 2 aromatic carbocycles. The van der Waals surface area contributed by atoms with Crippen LogP contribution in [0.4, 0.5) is 17.1 Å². The molecule has 12 atom stereocenters. The average molecular weight is 958 g/mol. The number of rotatable bonds is 17. The molecule has 7 N–H and O–H groups in total. The van der Waals surface area contributed by atoms with Crippen LogP contribution >= 0.6 is 0 Å². The molecule has 4 aliphatic carbocycles. The fraction of sp³-hybridized carbons (Fsp3) is 0.673. The van der Waals surface area contributed by atoms with Gasteiger partial charge in [-0.3, -0.25) is 34.3 Å². The lowest BCUT2D eigenvalue weighted by Crippen LogP contribution is -2.62. The molecule has 3 aromatic rings. The number of hydrogen-bond acceptors (Lipinski definition) is 13. The normalized spacial score (nSPS) is 32.1. The van der Waals surface area contributed by atoms with Crippen molar-refractivity contribution in [3.05, 3.63) is 64.6 Å². The molecule has 5 fully saturated rings. The van der Waals surface area contributed by atoms with E-state index in [1.165, 1.54) is 12.3 Å². The van der Waals surface area contributed by atoms with Crippen molar-refractivity contribution in [2.45, 2.75) is 109 Å². The number of nitrogens with zero attached hydrogens (tertiary/aromatic N) is 4. The minimum atomic E-state index is -0.935. The number of nitrogens with one attached hydrogen (secondary N) is 3. The Morgan fingerprint density at radius 2 is 1.59 bits per heavy atom. The van der Waals surface area contributed by atoms with E-state index in [1.54, 1.807) is 12.3 Å². The van der Waals surface area contributed by atoms with Crippen LogP contribution in [0.25, 0.3) is 10.8 Å². The Balaban J connectivity index is 0.839. The Hall–Kier alpha value is -4.65. The van der Waals surface area contributed by atoms with Crippen LogP contribution in [0.1, 0.15) is 84.1 Å². The fourth-order valence-corrected chi connectivity index (χ4v) is 14.1. The number of non-ortho nitro benzene ring substituents is 1. The van der Waals surface area contributed by atoms with Crippen molar-refractivity contribution in [1.82, 2.24) is 20.0 Å². The van der Waals surface area contributed by atoms with Crippen molar-refractivity contribution >= 4 is 45.7 Å². The zero-order valence-corrected chi connectivity index (χ0v) is 40.9. The average Bonchev–Trinajstić information content (AvgIpc) is 3.96. The van der Waals surface area contributed by atoms with Gasteiger partial charge in [0.2, 0.25) is 5.91 Å². The molecule has 0 bridgehead atoms. The summed E-state index contributed by atoms with van der Waals surface area (Å²) < 4.78 is 5.39. The van der Waals surface area contributed by atoms with Gasteiger partial charge in [-0.1, -0.05) is 32.9 Å². The SMILES string of the molecule is CC(CCC(=O)Nc1ccc(CC(CN2CCN(C)CCN(CC(=O)O)CC2)NCC(=O)O)cc1)[C@H]1CCC2C3C(O)C[C@@H]4C[C@H](Nc5ccc([N+](=O)[O-])c6cocc56)CC[C@]4(C)C3C[C@H](O)[C@@]21C. The van der Waals surface area contributed by atoms with Gasteiger partial charge in [-0.05, 0) is 135 Å². The molecule has 17 nitrogen and oxygen atoms in total. The number of aliphatic hydroxyl groups is 2. The molecule has 1 aromatic heterocycles. The molecule has 1 amide bonds. The first kappa shape index (κ1) is 50.7. The van der Waals surface area contributed by atoms with Crippen molar-refractivity contribution < 1.29 is 44.2 Å². The molecule has 2 heterocycles. The molecular weight excluding hydrogens is 883 g/mol. The lowest BCUT2D eigenvalue weighted by atomic mass is 9.43. The Morgan fingerprint density at radius 3 is 2.32 bits per heavy atom. The van der Waals surface area contributed by atoms with Gasteiger partial charge in [0.15, 0.2) is 0 Å². The number of carboxylic acids is 2. The van der Waals surface area contributed by atoms with Crippen molar-refractivity contribution in [2.24, 2.45) is 46.3 Å². The second-order valence-corrected chi connectivity index (χ2v) is 22.0. The zero-order valence-electron chi connectivity index (χ0n) is 40.9. The molecule has 1 saturated heterocycles. The highest BCUT2D eigenvalue weighted by Gasteiger charge is 2.65. The van der Waals surface area contributed by atoms with Gasteiger partial charge in [-0.25, -0.2) is 0 Å². The van der Waals surface area contributed by atoms with Gasteiger partial charge in [-0.15, -0.1) is 0 Å². The van der Waals surface area contributed by atoms with Crippen LogP contribution in [0.3, 0.4) is 0 Å². The number of nitro groups is 1. The summed E-state index contributed by atoms with van der Waals surface area (Å²) in [5, 5.41) is 66.0. The number of carbonyl (C=O) groups excluding carboxylic acids is 1. The highest BCUT2D eigenvalue weighted by atomic mass is 16.6. The summed E-state index contributed by atoms with van der Waals surface area (Å²) in [6.45, 7) is 11.6. The molecule has 1 aliphatic heterocycles. The summed E-state index contributed by atoms with van der Waals surface area (Å²) in [7, 11) is 2.03.